The highest BCUT2D eigenvalue weighted by Crippen LogP contribution is 2.27. The number of nitrogens with one attached hydrogen (secondary N) is 1. The number of nitrogens with zero attached hydrogens (tertiary/aromatic N) is 1. The first kappa shape index (κ1) is 15.5. The average molecular weight is 300 g/mol. The fourth-order valence-corrected chi connectivity index (χ4v) is 3.96. The third-order valence-corrected chi connectivity index (χ3v) is 5.69. The summed E-state index contributed by atoms with van der Waals surface area (Å²) in [4.78, 5) is 0. The minimum absolute atomic E-state index is 0.0541. The fourth-order valence-electron chi connectivity index (χ4n) is 2.62. The van der Waals surface area contributed by atoms with Crippen molar-refractivity contribution in [2.45, 2.75) is 56.7 Å². The predicted molar refractivity (Wildman–Crippen MR) is 77.9 cm³/mol. The normalized spacial score (nSPS) is 17.8. The highest BCUT2D eigenvalue weighted by atomic mass is 32.2. The van der Waals surface area contributed by atoms with Crippen molar-refractivity contribution in [2.75, 3.05) is 13.6 Å². The summed E-state index contributed by atoms with van der Waals surface area (Å²) < 4.78 is 32.0. The van der Waals surface area contributed by atoms with Crippen molar-refractivity contribution in [2.24, 2.45) is 0 Å². The van der Waals surface area contributed by atoms with Gasteiger partial charge in [0.1, 0.15) is 5.76 Å². The molecule has 1 saturated carbocycles. The van der Waals surface area contributed by atoms with Gasteiger partial charge in [-0.2, -0.15) is 4.31 Å². The van der Waals surface area contributed by atoms with E-state index in [1.54, 1.807) is 19.2 Å². The number of hydrogen-bond acceptors (Lipinski definition) is 4. The maximum absolute atomic E-state index is 12.5. The number of furan rings is 1. The number of sulfonamides is 1. The molecule has 0 unspecified atom stereocenters. The lowest BCUT2D eigenvalue weighted by atomic mass is 9.96. The molecule has 20 heavy (non-hydrogen) atoms. The van der Waals surface area contributed by atoms with E-state index in [1.807, 2.05) is 6.92 Å². The van der Waals surface area contributed by atoms with E-state index in [2.05, 4.69) is 5.32 Å². The van der Waals surface area contributed by atoms with Crippen LogP contribution in [-0.4, -0.2) is 32.4 Å². The smallest absolute Gasteiger partial charge is 0.276 e. The van der Waals surface area contributed by atoms with Gasteiger partial charge in [0.25, 0.3) is 10.0 Å². The lowest BCUT2D eigenvalue weighted by Crippen LogP contribution is -2.38. The summed E-state index contributed by atoms with van der Waals surface area (Å²) in [6.07, 6.45) is 5.31. The van der Waals surface area contributed by atoms with Crippen molar-refractivity contribution in [3.8, 4) is 0 Å². The average Bonchev–Trinajstić information content (AvgIpc) is 2.94. The number of rotatable bonds is 6. The summed E-state index contributed by atoms with van der Waals surface area (Å²) in [5, 5.41) is 3.17. The zero-order valence-corrected chi connectivity index (χ0v) is 13.1. The standard InChI is InChI=1S/C14H24N2O3S/c1-3-15-11-13-9-10-14(19-13)20(17,18)16(2)12-7-5-4-6-8-12/h9-10,12,15H,3-8,11H2,1-2H3. The van der Waals surface area contributed by atoms with Gasteiger partial charge in [0.05, 0.1) is 6.54 Å². The van der Waals surface area contributed by atoms with Crippen molar-refractivity contribution in [3.05, 3.63) is 17.9 Å². The van der Waals surface area contributed by atoms with Crippen LogP contribution in [0.4, 0.5) is 0 Å². The molecule has 1 aliphatic carbocycles. The van der Waals surface area contributed by atoms with Gasteiger partial charge < -0.3 is 9.73 Å². The zero-order valence-electron chi connectivity index (χ0n) is 12.3. The first-order valence-electron chi connectivity index (χ1n) is 7.33. The molecule has 0 bridgehead atoms. The van der Waals surface area contributed by atoms with Crippen LogP contribution in [0, 0.1) is 0 Å². The molecule has 0 spiro atoms. The van der Waals surface area contributed by atoms with Gasteiger partial charge >= 0.3 is 0 Å². The predicted octanol–water partition coefficient (Wildman–Crippen LogP) is 2.34. The van der Waals surface area contributed by atoms with Crippen LogP contribution in [0.25, 0.3) is 0 Å². The van der Waals surface area contributed by atoms with Gasteiger partial charge in [-0.15, -0.1) is 0 Å². The quantitative estimate of drug-likeness (QED) is 0.876. The molecule has 0 radical (unpaired) electrons. The van der Waals surface area contributed by atoms with Crippen LogP contribution in [0.2, 0.25) is 0 Å². The van der Waals surface area contributed by atoms with Crippen LogP contribution in [0.15, 0.2) is 21.6 Å². The Morgan fingerprint density at radius 3 is 2.65 bits per heavy atom. The molecule has 0 saturated heterocycles. The molecule has 0 aliphatic heterocycles. The summed E-state index contributed by atoms with van der Waals surface area (Å²) in [6, 6.07) is 3.39. The van der Waals surface area contributed by atoms with E-state index in [1.165, 1.54) is 10.7 Å². The Balaban J connectivity index is 2.10. The van der Waals surface area contributed by atoms with Crippen molar-refractivity contribution in [3.63, 3.8) is 0 Å². The van der Waals surface area contributed by atoms with E-state index in [4.69, 9.17) is 4.42 Å². The van der Waals surface area contributed by atoms with Crippen LogP contribution in [0.1, 0.15) is 44.8 Å². The van der Waals surface area contributed by atoms with Gasteiger partial charge in [0.15, 0.2) is 0 Å². The zero-order chi connectivity index (χ0) is 14.6. The van der Waals surface area contributed by atoms with Crippen molar-refractivity contribution >= 4 is 10.0 Å². The summed E-state index contributed by atoms with van der Waals surface area (Å²) in [5.74, 6) is 0.655. The van der Waals surface area contributed by atoms with Gasteiger partial charge in [0.2, 0.25) is 5.09 Å². The maximum Gasteiger partial charge on any atom is 0.276 e. The molecule has 1 aliphatic rings. The van der Waals surface area contributed by atoms with Gasteiger partial charge in [-0.1, -0.05) is 26.2 Å². The second-order valence-corrected chi connectivity index (χ2v) is 7.24. The topological polar surface area (TPSA) is 62.6 Å². The first-order valence-corrected chi connectivity index (χ1v) is 8.77. The molecule has 5 nitrogen and oxygen atoms in total. The second kappa shape index (κ2) is 6.74. The third kappa shape index (κ3) is 3.42. The van der Waals surface area contributed by atoms with Crippen molar-refractivity contribution in [1.29, 1.82) is 0 Å². The lowest BCUT2D eigenvalue weighted by Gasteiger charge is -2.29. The molecule has 0 atom stereocenters. The highest BCUT2D eigenvalue weighted by Gasteiger charge is 2.31. The van der Waals surface area contributed by atoms with E-state index in [-0.39, 0.29) is 11.1 Å². The van der Waals surface area contributed by atoms with E-state index in [0.29, 0.717) is 12.3 Å². The number of hydrogen-bond donors (Lipinski definition) is 1. The van der Waals surface area contributed by atoms with Gasteiger partial charge in [-0.05, 0) is 31.5 Å². The van der Waals surface area contributed by atoms with Crippen LogP contribution in [0.3, 0.4) is 0 Å². The van der Waals surface area contributed by atoms with Crippen LogP contribution >= 0.6 is 0 Å². The van der Waals surface area contributed by atoms with E-state index >= 15 is 0 Å². The van der Waals surface area contributed by atoms with Crippen LogP contribution < -0.4 is 5.32 Å². The first-order chi connectivity index (χ1) is 9.55. The molecule has 0 amide bonds. The molecular formula is C14H24N2O3S. The molecule has 1 heterocycles. The lowest BCUT2D eigenvalue weighted by molar-refractivity contribution is 0.278. The van der Waals surface area contributed by atoms with E-state index in [9.17, 15) is 8.42 Å². The SMILES string of the molecule is CCNCc1ccc(S(=O)(=O)N(C)C2CCCCC2)o1. The largest absolute Gasteiger partial charge is 0.447 e. The Morgan fingerprint density at radius 1 is 1.30 bits per heavy atom. The minimum Gasteiger partial charge on any atom is -0.447 e. The molecule has 6 heteroatoms. The Bertz CT molecular complexity index is 518. The Hall–Kier alpha value is -0.850. The van der Waals surface area contributed by atoms with Gasteiger partial charge in [0, 0.05) is 13.1 Å². The molecule has 114 valence electrons. The maximum atomic E-state index is 12.5. The monoisotopic (exact) mass is 300 g/mol. The Labute approximate surface area is 121 Å². The minimum atomic E-state index is -3.50. The molecule has 1 N–H and O–H groups in total. The highest BCUT2D eigenvalue weighted by molar-refractivity contribution is 7.89. The molecular weight excluding hydrogens is 276 g/mol. The van der Waals surface area contributed by atoms with Crippen molar-refractivity contribution in [1.82, 2.24) is 9.62 Å². The molecule has 0 aromatic carbocycles. The van der Waals surface area contributed by atoms with E-state index < -0.39 is 10.0 Å². The third-order valence-electron chi connectivity index (χ3n) is 3.91. The summed E-state index contributed by atoms with van der Waals surface area (Å²) in [7, 11) is -1.84. The molecule has 2 rings (SSSR count). The molecule has 1 aromatic heterocycles. The summed E-state index contributed by atoms with van der Waals surface area (Å²) in [6.45, 7) is 3.38. The Kier molecular flexibility index (Phi) is 5.23. The molecule has 1 fully saturated rings. The second-order valence-electron chi connectivity index (χ2n) is 5.31. The van der Waals surface area contributed by atoms with Crippen molar-refractivity contribution < 1.29 is 12.8 Å². The van der Waals surface area contributed by atoms with Crippen LogP contribution in [-0.2, 0) is 16.6 Å². The Morgan fingerprint density at radius 2 is 2.00 bits per heavy atom. The van der Waals surface area contributed by atoms with E-state index in [0.717, 1.165) is 32.2 Å². The van der Waals surface area contributed by atoms with Gasteiger partial charge in [-0.3, -0.25) is 0 Å². The fraction of sp³-hybridized carbons (Fsp3) is 0.714. The van der Waals surface area contributed by atoms with Gasteiger partial charge in [-0.25, -0.2) is 8.42 Å². The van der Waals surface area contributed by atoms with Crippen LogP contribution in [0.5, 0.6) is 0 Å². The summed E-state index contributed by atoms with van der Waals surface area (Å²) >= 11 is 0. The molecule has 1 aromatic rings. The summed E-state index contributed by atoms with van der Waals surface area (Å²) in [5.41, 5.74) is 0.